The molecule has 1 aliphatic heterocycles. The zero-order valence-corrected chi connectivity index (χ0v) is 32.9. The van der Waals surface area contributed by atoms with Crippen LogP contribution in [0.15, 0.2) is 24.8 Å². The number of anilines is 2. The zero-order valence-electron chi connectivity index (χ0n) is 23.4. The minimum absolute atomic E-state index is 0. The van der Waals surface area contributed by atoms with Crippen molar-refractivity contribution < 1.29 is 154 Å². The van der Waals surface area contributed by atoms with Crippen molar-refractivity contribution in [3.8, 4) is 0 Å². The van der Waals surface area contributed by atoms with Crippen LogP contribution in [0.2, 0.25) is 0 Å². The van der Waals surface area contributed by atoms with E-state index in [-0.39, 0.29) is 116 Å². The van der Waals surface area contributed by atoms with Gasteiger partial charge in [-0.2, -0.15) is 0 Å². The van der Waals surface area contributed by atoms with Crippen molar-refractivity contribution in [1.29, 1.82) is 0 Å². The second-order valence-electron chi connectivity index (χ2n) is 8.05. The molecular weight excluding hydrogens is 722 g/mol. The third-order valence-corrected chi connectivity index (χ3v) is 9.05. The number of aliphatic hydroxyl groups excluding tert-OH is 1. The summed E-state index contributed by atoms with van der Waals surface area (Å²) in [6.07, 6.45) is -2.26. The number of aromatic amines is 1. The van der Waals surface area contributed by atoms with Gasteiger partial charge >= 0.3 is 88.7 Å². The molecule has 7 atom stereocenters. The van der Waals surface area contributed by atoms with Crippen molar-refractivity contribution >= 4 is 64.7 Å². The van der Waals surface area contributed by atoms with E-state index < -0.39 is 67.1 Å². The quantitative estimate of drug-likeness (QED) is 0.0654. The van der Waals surface area contributed by atoms with Gasteiger partial charge in [0.1, 0.15) is 36.1 Å². The molecule has 45 heavy (non-hydrogen) atoms. The average molecular weight is 740 g/mol. The van der Waals surface area contributed by atoms with Crippen molar-refractivity contribution in [2.75, 3.05) is 24.3 Å². The molecule has 3 aromatic heterocycles. The van der Waals surface area contributed by atoms with E-state index in [1.807, 2.05) is 0 Å². The summed E-state index contributed by atoms with van der Waals surface area (Å²) in [6.45, 7) is -1.82. The molecule has 29 heteroatoms. The molecule has 22 nitrogen and oxygen atoms in total. The number of nitrogen functional groups attached to an aromatic ring is 1. The van der Waals surface area contributed by atoms with Crippen LogP contribution in [0.25, 0.3) is 11.2 Å². The van der Waals surface area contributed by atoms with Crippen LogP contribution in [-0.4, -0.2) is 76.9 Å². The minimum atomic E-state index is -6.17. The number of rotatable bonds is 12. The maximum Gasteiger partial charge on any atom is 1.00 e. The molecular formula is C16H18N8Na3O14P3S. The van der Waals surface area contributed by atoms with Gasteiger partial charge in [-0.15, -0.1) is 0 Å². The van der Waals surface area contributed by atoms with E-state index >= 15 is 0 Å². The van der Waals surface area contributed by atoms with E-state index in [4.69, 9.17) is 32.3 Å². The third-order valence-electron chi connectivity index (χ3n) is 5.08. The maximum atomic E-state index is 12.4. The summed E-state index contributed by atoms with van der Waals surface area (Å²) < 4.78 is 57.8. The fourth-order valence-electron chi connectivity index (χ4n) is 3.55. The number of H-pyrrole nitrogens is 1. The molecule has 4 rings (SSSR count). The Morgan fingerprint density at radius 2 is 1.78 bits per heavy atom. The number of phosphoric ester groups is 1. The first-order valence-electron chi connectivity index (χ1n) is 11.0. The molecule has 6 N–H and O–H groups in total. The first kappa shape index (κ1) is 43.4. The van der Waals surface area contributed by atoms with Crippen molar-refractivity contribution in [2.24, 2.45) is 0 Å². The van der Waals surface area contributed by atoms with E-state index in [2.05, 4.69) is 43.4 Å². The van der Waals surface area contributed by atoms with Crippen LogP contribution >= 0.6 is 35.7 Å². The normalized spacial score (nSPS) is 23.3. The summed E-state index contributed by atoms with van der Waals surface area (Å²) in [4.78, 5) is 73.2. The fraction of sp³-hybridized carbons (Fsp3) is 0.375. The van der Waals surface area contributed by atoms with Crippen molar-refractivity contribution in [1.82, 2.24) is 29.5 Å². The fourth-order valence-corrected chi connectivity index (χ4v) is 6.70. The molecule has 1 saturated heterocycles. The summed E-state index contributed by atoms with van der Waals surface area (Å²) in [6, 6.07) is 1.51. The summed E-state index contributed by atoms with van der Waals surface area (Å²) in [7, 11) is -18.0. The van der Waals surface area contributed by atoms with Crippen LogP contribution in [0.4, 0.5) is 11.9 Å². The van der Waals surface area contributed by atoms with Gasteiger partial charge in [-0.1, -0.05) is 12.2 Å². The molecule has 1 aliphatic rings. The predicted molar refractivity (Wildman–Crippen MR) is 131 cm³/mol. The number of nitrogens with two attached hydrogens (primary N) is 1. The molecule has 230 valence electrons. The number of amides is 1. The number of hydrogen-bond donors (Lipinski definition) is 5. The number of imidazole rings is 1. The van der Waals surface area contributed by atoms with E-state index in [1.54, 1.807) is 0 Å². The molecule has 0 saturated carbocycles. The molecule has 4 unspecified atom stereocenters. The van der Waals surface area contributed by atoms with Crippen molar-refractivity contribution in [3.05, 3.63) is 29.4 Å². The summed E-state index contributed by atoms with van der Waals surface area (Å²) in [5.41, 5.74) is 6.01. The van der Waals surface area contributed by atoms with Crippen LogP contribution in [-0.2, 0) is 41.1 Å². The van der Waals surface area contributed by atoms with E-state index in [0.717, 1.165) is 0 Å². The second-order valence-corrected chi connectivity index (χ2v) is 12.7. The zero-order chi connectivity index (χ0) is 30.9. The van der Waals surface area contributed by atoms with Gasteiger partial charge in [-0.3, -0.25) is 28.4 Å². The van der Waals surface area contributed by atoms with Gasteiger partial charge in [0.15, 0.2) is 16.8 Å². The molecule has 0 bridgehead atoms. The number of hydrogen-bond acceptors (Lipinski definition) is 19. The van der Waals surface area contributed by atoms with Crippen LogP contribution < -0.4 is 114 Å². The third kappa shape index (κ3) is 12.4. The SMILES string of the molecule is Nc1nc(=S)c2ncn([C@@H]3O[C@H](COP(=O)([O-])OP(=O)([O-])OP(=O)([O-])O)[C@H](O)C3OCC(=O)Nc3ncccn3)c2[nH]1.[Na+].[Na+].[Na+]. The summed E-state index contributed by atoms with van der Waals surface area (Å²) in [5, 5.41) is 13.3. The second kappa shape index (κ2) is 17.9. The van der Waals surface area contributed by atoms with E-state index in [0.29, 0.717) is 0 Å². The molecule has 1 fully saturated rings. The number of fused-ring (bicyclic) bond motifs is 1. The average Bonchev–Trinajstić information content (AvgIpc) is 3.40. The summed E-state index contributed by atoms with van der Waals surface area (Å²) >= 11 is 5.13. The topological polar surface area (TPSA) is 334 Å². The smallest absolute Gasteiger partial charge is 0.756 e. The molecule has 3 aromatic rings. The van der Waals surface area contributed by atoms with Crippen molar-refractivity contribution in [3.63, 3.8) is 0 Å². The molecule has 4 heterocycles. The first-order chi connectivity index (χ1) is 19.5. The Morgan fingerprint density at radius 1 is 1.13 bits per heavy atom. The number of nitrogens with zero attached hydrogens (tertiary/aromatic N) is 5. The monoisotopic (exact) mass is 740 g/mol. The number of aromatic nitrogens is 6. The van der Waals surface area contributed by atoms with Gasteiger partial charge in [0, 0.05) is 12.4 Å². The Labute approximate surface area is 323 Å². The van der Waals surface area contributed by atoms with Gasteiger partial charge in [0.05, 0.1) is 12.9 Å². The number of nitrogens with one attached hydrogen (secondary N) is 2. The first-order valence-corrected chi connectivity index (χ1v) is 15.8. The van der Waals surface area contributed by atoms with Crippen LogP contribution in [0.5, 0.6) is 0 Å². The number of carbonyl (C=O) groups is 1. The molecule has 0 spiro atoms. The minimum Gasteiger partial charge on any atom is -0.756 e. The van der Waals surface area contributed by atoms with Crippen LogP contribution in [0.3, 0.4) is 0 Å². The molecule has 0 aromatic carbocycles. The number of carbonyl (C=O) groups excluding carboxylic acids is 1. The Bertz CT molecular complexity index is 1670. The van der Waals surface area contributed by atoms with Gasteiger partial charge in [0.2, 0.25) is 5.95 Å². The Kier molecular flexibility index (Phi) is 17.3. The Morgan fingerprint density at radius 3 is 2.40 bits per heavy atom. The predicted octanol–water partition coefficient (Wildman–Crippen LogP) is -11.4. The van der Waals surface area contributed by atoms with Gasteiger partial charge in [0.25, 0.3) is 29.4 Å². The maximum absolute atomic E-state index is 12.4. The van der Waals surface area contributed by atoms with Gasteiger partial charge in [-0.25, -0.2) is 28.6 Å². The summed E-state index contributed by atoms with van der Waals surface area (Å²) in [5.74, 6) is -0.918. The standard InChI is InChI=1S/C16H21N8O14P3S.3Na/c17-15-22-12-9(13(42)23-15)20-6-24(12)14-11(34-5-8(25)21-16-18-2-1-3-19-16)10(26)7(36-14)4-35-40(30,31)38-41(32,33)37-39(27,28)29;;;/h1-3,6-7,10-11,14,26H,4-5H2,(H,30,31)(H,32,33)(H2,27,28,29)(H3,17,22,23,42)(H,18,19,21,25);;;/q;3*+1/p-3/t7-,10+,11?,14-;;;/m1.../s1. The van der Waals surface area contributed by atoms with E-state index in [1.165, 1.54) is 29.4 Å². The molecule has 0 aliphatic carbocycles. The van der Waals surface area contributed by atoms with E-state index in [9.17, 15) is 38.3 Å². The molecule has 0 radical (unpaired) electrons. The van der Waals surface area contributed by atoms with Gasteiger partial charge < -0.3 is 49.4 Å². The van der Waals surface area contributed by atoms with Gasteiger partial charge in [-0.05, 0) is 6.07 Å². The number of aliphatic hydroxyl groups is 1. The van der Waals surface area contributed by atoms with Crippen LogP contribution in [0.1, 0.15) is 6.23 Å². The molecule has 1 amide bonds. The van der Waals surface area contributed by atoms with Crippen LogP contribution in [0, 0.1) is 4.64 Å². The number of ether oxygens (including phenoxy) is 2. The number of phosphoric acid groups is 3. The Hall–Kier alpha value is 0.410. The largest absolute Gasteiger partial charge is 1.00 e. The van der Waals surface area contributed by atoms with Crippen molar-refractivity contribution in [2.45, 2.75) is 24.5 Å². The Balaban J connectivity index is 0.00000337.